The van der Waals surface area contributed by atoms with E-state index in [1.165, 1.54) is 38.8 Å². The van der Waals surface area contributed by atoms with E-state index in [0.29, 0.717) is 10.6 Å². The van der Waals surface area contributed by atoms with Gasteiger partial charge in [0.15, 0.2) is 0 Å². The van der Waals surface area contributed by atoms with Crippen molar-refractivity contribution in [1.82, 2.24) is 4.90 Å². The fraction of sp³-hybridized carbons (Fsp3) is 0.533. The van der Waals surface area contributed by atoms with Crippen molar-refractivity contribution in [2.75, 3.05) is 31.5 Å². The van der Waals surface area contributed by atoms with Gasteiger partial charge in [-0.05, 0) is 44.1 Å². The van der Waals surface area contributed by atoms with Crippen LogP contribution in [0.1, 0.15) is 31.2 Å². The molecule has 19 heavy (non-hydrogen) atoms. The molecule has 0 aromatic heterocycles. The molecule has 2 rings (SSSR count). The van der Waals surface area contributed by atoms with E-state index in [0.717, 1.165) is 18.8 Å². The molecule has 0 unspecified atom stereocenters. The zero-order chi connectivity index (χ0) is 13.5. The highest BCUT2D eigenvalue weighted by atomic mass is 35.5. The molecule has 1 aliphatic heterocycles. The van der Waals surface area contributed by atoms with Crippen molar-refractivity contribution in [3.63, 3.8) is 0 Å². The SMILES string of the molecule is N#Cc1ccc(NCCN2CCCCCC2)c(Cl)c1. The summed E-state index contributed by atoms with van der Waals surface area (Å²) in [5.41, 5.74) is 1.51. The maximum Gasteiger partial charge on any atom is 0.0992 e. The minimum absolute atomic E-state index is 0.600. The molecule has 102 valence electrons. The monoisotopic (exact) mass is 277 g/mol. The number of nitriles is 1. The van der Waals surface area contributed by atoms with Crippen LogP contribution in [0.15, 0.2) is 18.2 Å². The lowest BCUT2D eigenvalue weighted by Gasteiger charge is -2.20. The molecule has 4 heteroatoms. The lowest BCUT2D eigenvalue weighted by atomic mass is 10.2. The molecule has 0 saturated carbocycles. The molecule has 1 fully saturated rings. The van der Waals surface area contributed by atoms with E-state index in [2.05, 4.69) is 16.3 Å². The normalized spacial score (nSPS) is 16.6. The van der Waals surface area contributed by atoms with E-state index >= 15 is 0 Å². The van der Waals surface area contributed by atoms with Crippen molar-refractivity contribution in [3.8, 4) is 6.07 Å². The molecule has 0 amide bonds. The van der Waals surface area contributed by atoms with Crippen molar-refractivity contribution >= 4 is 17.3 Å². The zero-order valence-electron chi connectivity index (χ0n) is 11.2. The second-order valence-corrected chi connectivity index (χ2v) is 5.40. The third kappa shape index (κ3) is 4.41. The Bertz CT molecular complexity index is 445. The summed E-state index contributed by atoms with van der Waals surface area (Å²) in [6.45, 7) is 4.37. The van der Waals surface area contributed by atoms with Crippen LogP contribution in [-0.2, 0) is 0 Å². The molecule has 0 bridgehead atoms. The van der Waals surface area contributed by atoms with E-state index < -0.39 is 0 Å². The zero-order valence-corrected chi connectivity index (χ0v) is 11.9. The predicted molar refractivity (Wildman–Crippen MR) is 79.6 cm³/mol. The molecule has 0 aliphatic carbocycles. The fourth-order valence-corrected chi connectivity index (χ4v) is 2.68. The summed E-state index contributed by atoms with van der Waals surface area (Å²) in [5, 5.41) is 12.8. The van der Waals surface area contributed by atoms with E-state index in [4.69, 9.17) is 16.9 Å². The van der Waals surface area contributed by atoms with Crippen LogP contribution in [0.4, 0.5) is 5.69 Å². The van der Waals surface area contributed by atoms with Gasteiger partial charge in [-0.3, -0.25) is 0 Å². The van der Waals surface area contributed by atoms with E-state index in [1.54, 1.807) is 12.1 Å². The minimum Gasteiger partial charge on any atom is -0.383 e. The molecule has 1 heterocycles. The molecule has 1 aromatic rings. The van der Waals surface area contributed by atoms with Crippen LogP contribution in [0.2, 0.25) is 5.02 Å². The van der Waals surface area contributed by atoms with Gasteiger partial charge >= 0.3 is 0 Å². The Kier molecular flexibility index (Phi) is 5.50. The molecule has 1 saturated heterocycles. The van der Waals surface area contributed by atoms with Crippen LogP contribution in [0.3, 0.4) is 0 Å². The molecule has 1 aliphatic rings. The molecule has 0 radical (unpaired) electrons. The third-order valence-electron chi connectivity index (χ3n) is 3.54. The van der Waals surface area contributed by atoms with Crippen molar-refractivity contribution in [2.24, 2.45) is 0 Å². The highest BCUT2D eigenvalue weighted by Gasteiger charge is 2.08. The third-order valence-corrected chi connectivity index (χ3v) is 3.85. The molecular formula is C15H20ClN3. The van der Waals surface area contributed by atoms with Gasteiger partial charge in [-0.2, -0.15) is 5.26 Å². The number of rotatable bonds is 4. The van der Waals surface area contributed by atoms with Gasteiger partial charge in [-0.15, -0.1) is 0 Å². The fourth-order valence-electron chi connectivity index (χ4n) is 2.44. The predicted octanol–water partition coefficient (Wildman–Crippen LogP) is 3.50. The summed E-state index contributed by atoms with van der Waals surface area (Å²) in [6.07, 6.45) is 5.37. The number of anilines is 1. The Morgan fingerprint density at radius 2 is 1.95 bits per heavy atom. The summed E-state index contributed by atoms with van der Waals surface area (Å²) in [4.78, 5) is 2.51. The number of hydrogen-bond donors (Lipinski definition) is 1. The van der Waals surface area contributed by atoms with Gasteiger partial charge in [0.05, 0.1) is 22.3 Å². The number of nitrogens with one attached hydrogen (secondary N) is 1. The second kappa shape index (κ2) is 7.37. The maximum atomic E-state index is 8.79. The highest BCUT2D eigenvalue weighted by Crippen LogP contribution is 2.22. The van der Waals surface area contributed by atoms with Gasteiger partial charge in [0.2, 0.25) is 0 Å². The quantitative estimate of drug-likeness (QED) is 0.915. The first-order valence-corrected chi connectivity index (χ1v) is 7.33. The number of hydrogen-bond acceptors (Lipinski definition) is 3. The molecule has 3 nitrogen and oxygen atoms in total. The Labute approximate surface area is 120 Å². The summed E-state index contributed by atoms with van der Waals surface area (Å²) >= 11 is 6.13. The number of benzene rings is 1. The minimum atomic E-state index is 0.600. The second-order valence-electron chi connectivity index (χ2n) is 4.99. The summed E-state index contributed by atoms with van der Waals surface area (Å²) < 4.78 is 0. The van der Waals surface area contributed by atoms with Gasteiger partial charge in [0, 0.05) is 13.1 Å². The molecular weight excluding hydrogens is 258 g/mol. The lowest BCUT2D eigenvalue weighted by molar-refractivity contribution is 0.296. The van der Waals surface area contributed by atoms with Crippen LogP contribution in [0.25, 0.3) is 0 Å². The molecule has 1 aromatic carbocycles. The molecule has 0 atom stereocenters. The van der Waals surface area contributed by atoms with Gasteiger partial charge in [0.25, 0.3) is 0 Å². The molecule has 0 spiro atoms. The topological polar surface area (TPSA) is 39.1 Å². The standard InChI is InChI=1S/C15H20ClN3/c16-14-11-13(12-17)5-6-15(14)18-7-10-19-8-3-1-2-4-9-19/h5-6,11,18H,1-4,7-10H2. The van der Waals surface area contributed by atoms with Crippen molar-refractivity contribution in [1.29, 1.82) is 5.26 Å². The van der Waals surface area contributed by atoms with Gasteiger partial charge in [-0.25, -0.2) is 0 Å². The van der Waals surface area contributed by atoms with E-state index in [9.17, 15) is 0 Å². The van der Waals surface area contributed by atoms with Crippen molar-refractivity contribution in [3.05, 3.63) is 28.8 Å². The number of nitrogens with zero attached hydrogens (tertiary/aromatic N) is 2. The summed E-state index contributed by atoms with van der Waals surface area (Å²) in [7, 11) is 0. The lowest BCUT2D eigenvalue weighted by Crippen LogP contribution is -2.30. The Morgan fingerprint density at radius 3 is 2.58 bits per heavy atom. The van der Waals surface area contributed by atoms with Crippen LogP contribution in [0, 0.1) is 11.3 Å². The number of likely N-dealkylation sites (tertiary alicyclic amines) is 1. The smallest absolute Gasteiger partial charge is 0.0992 e. The first-order chi connectivity index (χ1) is 9.29. The Balaban J connectivity index is 1.80. The van der Waals surface area contributed by atoms with E-state index in [1.807, 2.05) is 6.07 Å². The summed E-state index contributed by atoms with van der Waals surface area (Å²) in [6, 6.07) is 7.46. The summed E-state index contributed by atoms with van der Waals surface area (Å²) in [5.74, 6) is 0. The average Bonchev–Trinajstić information content (AvgIpc) is 2.69. The van der Waals surface area contributed by atoms with Crippen LogP contribution in [0.5, 0.6) is 0 Å². The number of halogens is 1. The van der Waals surface area contributed by atoms with E-state index in [-0.39, 0.29) is 0 Å². The van der Waals surface area contributed by atoms with Crippen LogP contribution < -0.4 is 5.32 Å². The van der Waals surface area contributed by atoms with Gasteiger partial charge in [-0.1, -0.05) is 24.4 Å². The highest BCUT2D eigenvalue weighted by molar-refractivity contribution is 6.33. The van der Waals surface area contributed by atoms with Gasteiger partial charge < -0.3 is 10.2 Å². The van der Waals surface area contributed by atoms with Gasteiger partial charge in [0.1, 0.15) is 0 Å². The molecule has 1 N–H and O–H groups in total. The average molecular weight is 278 g/mol. The first-order valence-electron chi connectivity index (χ1n) is 6.95. The largest absolute Gasteiger partial charge is 0.383 e. The van der Waals surface area contributed by atoms with Crippen molar-refractivity contribution in [2.45, 2.75) is 25.7 Å². The van der Waals surface area contributed by atoms with Crippen LogP contribution >= 0.6 is 11.6 Å². The Hall–Kier alpha value is -1.24. The maximum absolute atomic E-state index is 8.79. The van der Waals surface area contributed by atoms with Crippen molar-refractivity contribution < 1.29 is 0 Å². The van der Waals surface area contributed by atoms with Crippen LogP contribution in [-0.4, -0.2) is 31.1 Å². The Morgan fingerprint density at radius 1 is 1.21 bits per heavy atom. The first kappa shape index (κ1) is 14.2.